The summed E-state index contributed by atoms with van der Waals surface area (Å²) in [4.78, 5) is 20.2. The average molecular weight is 279 g/mol. The minimum Gasteiger partial charge on any atom is -0.378 e. The average Bonchev–Trinajstić information content (AvgIpc) is 2.97. The van der Waals surface area contributed by atoms with Gasteiger partial charge in [-0.3, -0.25) is 4.79 Å². The van der Waals surface area contributed by atoms with Crippen LogP contribution in [0, 0.1) is 5.95 Å². The SMILES string of the molecule is O=C([C@H]1CCCN1c1cccc(F)n1)N1CCOCC1. The lowest BCUT2D eigenvalue weighted by atomic mass is 10.2. The third kappa shape index (κ3) is 2.60. The topological polar surface area (TPSA) is 45.7 Å². The molecule has 0 spiro atoms. The van der Waals surface area contributed by atoms with Gasteiger partial charge in [-0.2, -0.15) is 4.39 Å². The van der Waals surface area contributed by atoms with Crippen molar-refractivity contribution in [3.63, 3.8) is 0 Å². The Hall–Kier alpha value is -1.69. The normalized spacial score (nSPS) is 23.1. The predicted molar refractivity (Wildman–Crippen MR) is 72.0 cm³/mol. The van der Waals surface area contributed by atoms with Gasteiger partial charge in [0.15, 0.2) is 0 Å². The molecule has 1 amide bonds. The molecule has 2 saturated heterocycles. The van der Waals surface area contributed by atoms with Crippen molar-refractivity contribution in [1.82, 2.24) is 9.88 Å². The highest BCUT2D eigenvalue weighted by Gasteiger charge is 2.35. The first-order chi connectivity index (χ1) is 9.75. The van der Waals surface area contributed by atoms with E-state index < -0.39 is 5.95 Å². The number of rotatable bonds is 2. The standard InChI is InChI=1S/C14H18FN3O2/c15-12-4-1-5-13(16-12)18-6-2-3-11(18)14(19)17-7-9-20-10-8-17/h1,4-5,11H,2-3,6-10H2/t11-/m1/s1. The Morgan fingerprint density at radius 2 is 2.10 bits per heavy atom. The first kappa shape index (κ1) is 13.3. The van der Waals surface area contributed by atoms with Gasteiger partial charge in [0.05, 0.1) is 13.2 Å². The van der Waals surface area contributed by atoms with Crippen molar-refractivity contribution < 1.29 is 13.9 Å². The number of ether oxygens (including phenoxy) is 1. The van der Waals surface area contributed by atoms with E-state index in [2.05, 4.69) is 4.98 Å². The van der Waals surface area contributed by atoms with Gasteiger partial charge in [-0.15, -0.1) is 0 Å². The van der Waals surface area contributed by atoms with Gasteiger partial charge in [0.2, 0.25) is 11.9 Å². The first-order valence-electron chi connectivity index (χ1n) is 7.01. The van der Waals surface area contributed by atoms with Crippen LogP contribution < -0.4 is 4.90 Å². The van der Waals surface area contributed by atoms with Crippen molar-refractivity contribution in [3.05, 3.63) is 24.1 Å². The molecule has 1 atom stereocenters. The van der Waals surface area contributed by atoms with Gasteiger partial charge in [0, 0.05) is 19.6 Å². The number of hydrogen-bond acceptors (Lipinski definition) is 4. The number of carbonyl (C=O) groups excluding carboxylic acids is 1. The molecule has 5 nitrogen and oxygen atoms in total. The van der Waals surface area contributed by atoms with E-state index in [1.54, 1.807) is 12.1 Å². The van der Waals surface area contributed by atoms with Gasteiger partial charge in [-0.25, -0.2) is 4.98 Å². The maximum absolute atomic E-state index is 13.3. The van der Waals surface area contributed by atoms with Crippen molar-refractivity contribution in [2.24, 2.45) is 0 Å². The van der Waals surface area contributed by atoms with Crippen LogP contribution in [0.1, 0.15) is 12.8 Å². The fourth-order valence-electron chi connectivity index (χ4n) is 2.85. The minimum atomic E-state index is -0.507. The van der Waals surface area contributed by atoms with Gasteiger partial charge in [-0.05, 0) is 25.0 Å². The van der Waals surface area contributed by atoms with Crippen molar-refractivity contribution >= 4 is 11.7 Å². The zero-order valence-corrected chi connectivity index (χ0v) is 11.3. The molecule has 3 heterocycles. The summed E-state index contributed by atoms with van der Waals surface area (Å²) in [5.41, 5.74) is 0. The van der Waals surface area contributed by atoms with Crippen LogP contribution >= 0.6 is 0 Å². The molecule has 2 aliphatic heterocycles. The molecule has 0 aromatic carbocycles. The third-order valence-electron chi connectivity index (χ3n) is 3.86. The van der Waals surface area contributed by atoms with E-state index in [0.29, 0.717) is 32.1 Å². The van der Waals surface area contributed by atoms with Crippen molar-refractivity contribution in [3.8, 4) is 0 Å². The summed E-state index contributed by atoms with van der Waals surface area (Å²) in [5.74, 6) is 0.151. The van der Waals surface area contributed by atoms with E-state index in [4.69, 9.17) is 4.74 Å². The molecule has 0 saturated carbocycles. The van der Waals surface area contributed by atoms with Gasteiger partial charge in [0.1, 0.15) is 11.9 Å². The van der Waals surface area contributed by atoms with Crippen LogP contribution in [0.25, 0.3) is 0 Å². The molecule has 0 radical (unpaired) electrons. The molecule has 2 aliphatic rings. The molecule has 1 aromatic heterocycles. The van der Waals surface area contributed by atoms with E-state index in [-0.39, 0.29) is 11.9 Å². The van der Waals surface area contributed by atoms with E-state index in [0.717, 1.165) is 19.4 Å². The third-order valence-corrected chi connectivity index (χ3v) is 3.86. The Kier molecular flexibility index (Phi) is 3.82. The van der Waals surface area contributed by atoms with E-state index in [1.165, 1.54) is 6.07 Å². The zero-order chi connectivity index (χ0) is 13.9. The molecular formula is C14H18FN3O2. The van der Waals surface area contributed by atoms with Crippen LogP contribution in [0.4, 0.5) is 10.2 Å². The van der Waals surface area contributed by atoms with Crippen LogP contribution in [0.15, 0.2) is 18.2 Å². The van der Waals surface area contributed by atoms with Gasteiger partial charge < -0.3 is 14.5 Å². The van der Waals surface area contributed by atoms with Gasteiger partial charge >= 0.3 is 0 Å². The Balaban J connectivity index is 1.76. The molecule has 0 bridgehead atoms. The fraction of sp³-hybridized carbons (Fsp3) is 0.571. The number of amides is 1. The Bertz CT molecular complexity index is 491. The number of anilines is 1. The Morgan fingerprint density at radius 1 is 1.30 bits per heavy atom. The molecule has 1 aromatic rings. The van der Waals surface area contributed by atoms with Crippen LogP contribution in [-0.2, 0) is 9.53 Å². The molecule has 2 fully saturated rings. The minimum absolute atomic E-state index is 0.108. The molecule has 6 heteroatoms. The van der Waals surface area contributed by atoms with Crippen LogP contribution in [0.3, 0.4) is 0 Å². The molecule has 0 unspecified atom stereocenters. The van der Waals surface area contributed by atoms with E-state index in [1.807, 2.05) is 9.80 Å². The highest BCUT2D eigenvalue weighted by Crippen LogP contribution is 2.25. The first-order valence-corrected chi connectivity index (χ1v) is 7.01. The van der Waals surface area contributed by atoms with Crippen molar-refractivity contribution in [2.75, 3.05) is 37.7 Å². The second-order valence-corrected chi connectivity index (χ2v) is 5.11. The number of halogens is 1. The van der Waals surface area contributed by atoms with E-state index in [9.17, 15) is 9.18 Å². The summed E-state index contributed by atoms with van der Waals surface area (Å²) >= 11 is 0. The summed E-state index contributed by atoms with van der Waals surface area (Å²) in [7, 11) is 0. The summed E-state index contributed by atoms with van der Waals surface area (Å²) in [6.07, 6.45) is 1.73. The Morgan fingerprint density at radius 3 is 2.85 bits per heavy atom. The summed E-state index contributed by atoms with van der Waals surface area (Å²) in [6, 6.07) is 4.49. The highest BCUT2D eigenvalue weighted by molar-refractivity contribution is 5.85. The van der Waals surface area contributed by atoms with Crippen molar-refractivity contribution in [1.29, 1.82) is 0 Å². The number of pyridine rings is 1. The number of morpholine rings is 1. The fourth-order valence-corrected chi connectivity index (χ4v) is 2.85. The molecule has 0 N–H and O–H groups in total. The zero-order valence-electron chi connectivity index (χ0n) is 11.3. The lowest BCUT2D eigenvalue weighted by Crippen LogP contribution is -2.50. The van der Waals surface area contributed by atoms with Gasteiger partial charge in [-0.1, -0.05) is 6.07 Å². The summed E-state index contributed by atoms with van der Waals surface area (Å²) in [6.45, 7) is 3.21. The lowest BCUT2D eigenvalue weighted by Gasteiger charge is -2.33. The molecule has 0 aliphatic carbocycles. The maximum atomic E-state index is 13.3. The number of aromatic nitrogens is 1. The maximum Gasteiger partial charge on any atom is 0.245 e. The van der Waals surface area contributed by atoms with Crippen molar-refractivity contribution in [2.45, 2.75) is 18.9 Å². The van der Waals surface area contributed by atoms with Crippen LogP contribution in [-0.4, -0.2) is 54.7 Å². The number of nitrogens with zero attached hydrogens (tertiary/aromatic N) is 3. The molecule has 3 rings (SSSR count). The quantitative estimate of drug-likeness (QED) is 0.759. The smallest absolute Gasteiger partial charge is 0.245 e. The summed E-state index contributed by atoms with van der Waals surface area (Å²) < 4.78 is 18.5. The highest BCUT2D eigenvalue weighted by atomic mass is 19.1. The number of hydrogen-bond donors (Lipinski definition) is 0. The Labute approximate surface area is 117 Å². The monoisotopic (exact) mass is 279 g/mol. The van der Waals surface area contributed by atoms with Gasteiger partial charge in [0.25, 0.3) is 0 Å². The largest absolute Gasteiger partial charge is 0.378 e. The second-order valence-electron chi connectivity index (χ2n) is 5.11. The number of carbonyl (C=O) groups is 1. The lowest BCUT2D eigenvalue weighted by molar-refractivity contribution is -0.136. The molecular weight excluding hydrogens is 261 g/mol. The van der Waals surface area contributed by atoms with Crippen LogP contribution in [0.5, 0.6) is 0 Å². The predicted octanol–water partition coefficient (Wildman–Crippen LogP) is 1.05. The molecule has 20 heavy (non-hydrogen) atoms. The second kappa shape index (κ2) is 5.75. The van der Waals surface area contributed by atoms with E-state index >= 15 is 0 Å². The summed E-state index contributed by atoms with van der Waals surface area (Å²) in [5, 5.41) is 0. The molecule has 108 valence electrons. The van der Waals surface area contributed by atoms with Crippen LogP contribution in [0.2, 0.25) is 0 Å².